The molecule has 0 aliphatic carbocycles. The van der Waals surface area contributed by atoms with Crippen LogP contribution in [0.1, 0.15) is 43.9 Å². The number of carboxylic acid groups (broad SMARTS) is 1. The van der Waals surface area contributed by atoms with Gasteiger partial charge in [-0.1, -0.05) is 26.0 Å². The molecule has 1 aromatic carbocycles. The lowest BCUT2D eigenvalue weighted by molar-refractivity contribution is -0.139. The topological polar surface area (TPSA) is 141 Å². The Hall–Kier alpha value is -2.89. The van der Waals surface area contributed by atoms with Crippen LogP contribution < -0.4 is 4.31 Å². The predicted octanol–water partition coefficient (Wildman–Crippen LogP) is 2.40. The zero-order valence-corrected chi connectivity index (χ0v) is 19.6. The third-order valence-corrected chi connectivity index (χ3v) is 5.97. The molecule has 0 saturated carbocycles. The fourth-order valence-corrected chi connectivity index (χ4v) is 3.42. The van der Waals surface area contributed by atoms with E-state index in [1.54, 1.807) is 0 Å². The van der Waals surface area contributed by atoms with Crippen molar-refractivity contribution in [1.29, 1.82) is 0 Å². The highest BCUT2D eigenvalue weighted by Crippen LogP contribution is 2.31. The Kier molecular flexibility index (Phi) is 8.64. The van der Waals surface area contributed by atoms with E-state index in [2.05, 4.69) is 9.97 Å². The number of nitrogens with zero attached hydrogens (tertiary/aromatic N) is 3. The van der Waals surface area contributed by atoms with Gasteiger partial charge in [0.05, 0.1) is 36.3 Å². The first kappa shape index (κ1) is 26.4. The van der Waals surface area contributed by atoms with Gasteiger partial charge in [0.25, 0.3) is 0 Å². The number of carbonyl (C=O) groups is 1. The van der Waals surface area contributed by atoms with Crippen molar-refractivity contribution in [3.05, 3.63) is 47.4 Å². The standard InChI is InChI=1S/C22H28FN3O6S/c1-13(2)20-18(10-9-16(27)11-17(28)12-19(29)30)21(14-5-7-15(23)8-6-14)25-22(24-20)26(3)33(4,31)32/h5-10,13,16-17,27-28H,11-12H2,1-4H3,(H,29,30)/b10-9-/t16-,17-/m1/s1. The minimum absolute atomic E-state index is 0.0601. The summed E-state index contributed by atoms with van der Waals surface area (Å²) in [5.74, 6) is -1.87. The van der Waals surface area contributed by atoms with Crippen LogP contribution in [0.15, 0.2) is 30.3 Å². The van der Waals surface area contributed by atoms with Crippen LogP contribution in [0, 0.1) is 5.82 Å². The van der Waals surface area contributed by atoms with Gasteiger partial charge in [0.2, 0.25) is 16.0 Å². The van der Waals surface area contributed by atoms with E-state index in [0.29, 0.717) is 22.5 Å². The first-order valence-corrected chi connectivity index (χ1v) is 12.0. The molecule has 0 radical (unpaired) electrons. The molecule has 0 bridgehead atoms. The molecule has 3 N–H and O–H groups in total. The van der Waals surface area contributed by atoms with Crippen LogP contribution in [0.25, 0.3) is 17.3 Å². The lowest BCUT2D eigenvalue weighted by Gasteiger charge is -2.20. The average molecular weight is 482 g/mol. The smallest absolute Gasteiger partial charge is 0.305 e. The van der Waals surface area contributed by atoms with Gasteiger partial charge in [-0.05, 0) is 30.2 Å². The molecule has 33 heavy (non-hydrogen) atoms. The van der Waals surface area contributed by atoms with E-state index in [4.69, 9.17) is 5.11 Å². The lowest BCUT2D eigenvalue weighted by Crippen LogP contribution is -2.27. The molecular formula is C22H28FN3O6S. The quantitative estimate of drug-likeness (QED) is 0.470. The summed E-state index contributed by atoms with van der Waals surface area (Å²) < 4.78 is 38.6. The Morgan fingerprint density at radius 1 is 1.18 bits per heavy atom. The number of benzene rings is 1. The number of sulfonamides is 1. The monoisotopic (exact) mass is 481 g/mol. The van der Waals surface area contributed by atoms with Gasteiger partial charge in [-0.25, -0.2) is 27.1 Å². The van der Waals surface area contributed by atoms with Crippen molar-refractivity contribution in [3.63, 3.8) is 0 Å². The lowest BCUT2D eigenvalue weighted by atomic mass is 9.97. The summed E-state index contributed by atoms with van der Waals surface area (Å²) in [6.07, 6.45) is 0.860. The predicted molar refractivity (Wildman–Crippen MR) is 123 cm³/mol. The minimum Gasteiger partial charge on any atom is -0.481 e. The molecule has 180 valence electrons. The first-order valence-electron chi connectivity index (χ1n) is 10.2. The Morgan fingerprint density at radius 3 is 2.30 bits per heavy atom. The fraction of sp³-hybridized carbons (Fsp3) is 0.409. The maximum absolute atomic E-state index is 13.5. The second kappa shape index (κ2) is 10.8. The number of rotatable bonds is 10. The third-order valence-electron chi connectivity index (χ3n) is 4.82. The van der Waals surface area contributed by atoms with Crippen LogP contribution in [-0.2, 0) is 14.8 Å². The molecule has 11 heteroatoms. The molecule has 0 fully saturated rings. The fourth-order valence-electron chi connectivity index (χ4n) is 3.05. The highest BCUT2D eigenvalue weighted by Gasteiger charge is 2.22. The molecule has 1 aromatic heterocycles. The van der Waals surface area contributed by atoms with Gasteiger partial charge in [0.15, 0.2) is 0 Å². The molecule has 0 aliphatic rings. The SMILES string of the molecule is CC(C)c1nc(N(C)S(C)(=O)=O)nc(-c2ccc(F)cc2)c1/C=C\[C@@H](O)C[C@@H](O)CC(=O)O. The number of aromatic nitrogens is 2. The molecular weight excluding hydrogens is 453 g/mol. The highest BCUT2D eigenvalue weighted by atomic mass is 32.2. The van der Waals surface area contributed by atoms with Crippen molar-refractivity contribution in [1.82, 2.24) is 9.97 Å². The van der Waals surface area contributed by atoms with Crippen LogP contribution in [0.4, 0.5) is 10.3 Å². The van der Waals surface area contributed by atoms with Gasteiger partial charge in [-0.3, -0.25) is 4.79 Å². The van der Waals surface area contributed by atoms with Crippen molar-refractivity contribution in [2.45, 2.75) is 44.8 Å². The van der Waals surface area contributed by atoms with Gasteiger partial charge in [0, 0.05) is 24.6 Å². The molecule has 0 saturated heterocycles. The van der Waals surface area contributed by atoms with Crippen molar-refractivity contribution in [2.75, 3.05) is 17.6 Å². The Balaban J connectivity index is 2.61. The summed E-state index contributed by atoms with van der Waals surface area (Å²) in [6, 6.07) is 5.49. The number of anilines is 1. The molecule has 1 heterocycles. The summed E-state index contributed by atoms with van der Waals surface area (Å²) >= 11 is 0. The van der Waals surface area contributed by atoms with Crippen molar-refractivity contribution in [3.8, 4) is 11.3 Å². The van der Waals surface area contributed by atoms with E-state index >= 15 is 0 Å². The van der Waals surface area contributed by atoms with Crippen molar-refractivity contribution in [2.24, 2.45) is 0 Å². The summed E-state index contributed by atoms with van der Waals surface area (Å²) in [7, 11) is -2.33. The van der Waals surface area contributed by atoms with Crippen LogP contribution >= 0.6 is 0 Å². The van der Waals surface area contributed by atoms with Crippen LogP contribution in [0.2, 0.25) is 0 Å². The van der Waals surface area contributed by atoms with Crippen LogP contribution in [-0.4, -0.2) is 65.2 Å². The van der Waals surface area contributed by atoms with Gasteiger partial charge in [0.1, 0.15) is 5.82 Å². The number of carboxylic acids is 1. The van der Waals surface area contributed by atoms with E-state index in [1.807, 2.05) is 13.8 Å². The number of hydrogen-bond donors (Lipinski definition) is 3. The summed E-state index contributed by atoms with van der Waals surface area (Å²) in [4.78, 5) is 19.6. The summed E-state index contributed by atoms with van der Waals surface area (Å²) in [6.45, 7) is 3.71. The van der Waals surface area contributed by atoms with E-state index < -0.39 is 40.4 Å². The number of aliphatic hydroxyl groups excluding tert-OH is 2. The Morgan fingerprint density at radius 2 is 1.79 bits per heavy atom. The molecule has 9 nitrogen and oxygen atoms in total. The van der Waals surface area contributed by atoms with E-state index in [9.17, 15) is 27.8 Å². The molecule has 2 aromatic rings. The second-order valence-electron chi connectivity index (χ2n) is 7.98. The largest absolute Gasteiger partial charge is 0.481 e. The second-order valence-corrected chi connectivity index (χ2v) is 9.99. The Labute approximate surface area is 192 Å². The minimum atomic E-state index is -3.65. The van der Waals surface area contributed by atoms with Crippen molar-refractivity contribution >= 4 is 28.0 Å². The maximum atomic E-state index is 13.5. The van der Waals surface area contributed by atoms with E-state index in [1.165, 1.54) is 43.5 Å². The van der Waals surface area contributed by atoms with E-state index in [-0.39, 0.29) is 18.3 Å². The zero-order chi connectivity index (χ0) is 24.9. The van der Waals surface area contributed by atoms with Gasteiger partial charge >= 0.3 is 5.97 Å². The third kappa shape index (κ3) is 7.31. The molecule has 0 amide bonds. The average Bonchev–Trinajstić information content (AvgIpc) is 2.70. The van der Waals surface area contributed by atoms with Crippen LogP contribution in [0.3, 0.4) is 0 Å². The van der Waals surface area contributed by atoms with Gasteiger partial charge < -0.3 is 15.3 Å². The summed E-state index contributed by atoms with van der Waals surface area (Å²) in [5.41, 5.74) is 1.80. The molecule has 2 atom stereocenters. The normalized spacial score (nSPS) is 13.9. The summed E-state index contributed by atoms with van der Waals surface area (Å²) in [5, 5.41) is 28.8. The highest BCUT2D eigenvalue weighted by molar-refractivity contribution is 7.92. The van der Waals surface area contributed by atoms with Gasteiger partial charge in [-0.2, -0.15) is 0 Å². The number of hydrogen-bond acceptors (Lipinski definition) is 7. The van der Waals surface area contributed by atoms with E-state index in [0.717, 1.165) is 10.6 Å². The van der Waals surface area contributed by atoms with Gasteiger partial charge in [-0.15, -0.1) is 0 Å². The number of halogens is 1. The number of aliphatic carboxylic acids is 1. The maximum Gasteiger partial charge on any atom is 0.305 e. The number of aliphatic hydroxyl groups is 2. The van der Waals surface area contributed by atoms with Crippen LogP contribution in [0.5, 0.6) is 0 Å². The molecule has 0 aliphatic heterocycles. The molecule has 0 spiro atoms. The molecule has 0 unspecified atom stereocenters. The Bertz CT molecular complexity index is 1120. The zero-order valence-electron chi connectivity index (χ0n) is 18.8. The van der Waals surface area contributed by atoms with Crippen molar-refractivity contribution < 1.29 is 32.9 Å². The first-order chi connectivity index (χ1) is 15.3. The molecule has 2 rings (SSSR count).